The van der Waals surface area contributed by atoms with Crippen LogP contribution < -0.4 is 5.32 Å². The van der Waals surface area contributed by atoms with Crippen LogP contribution in [0.3, 0.4) is 0 Å². The smallest absolute Gasteiger partial charge is 0.0658 e. The molecule has 1 N–H and O–H groups in total. The fraction of sp³-hybridized carbons (Fsp3) is 0.143. The number of hydrogen-bond donors (Lipinski definition) is 1. The van der Waals surface area contributed by atoms with Crippen molar-refractivity contribution in [3.63, 3.8) is 0 Å². The maximum Gasteiger partial charge on any atom is 0.0658 e. The van der Waals surface area contributed by atoms with Crippen LogP contribution in [-0.2, 0) is 0 Å². The summed E-state index contributed by atoms with van der Waals surface area (Å²) in [6.45, 7) is 0. The molecule has 0 atom stereocenters. The second-order valence-electron chi connectivity index (χ2n) is 2.11. The van der Waals surface area contributed by atoms with Crippen molar-refractivity contribution in [2.24, 2.45) is 0 Å². The molecule has 0 aromatic heterocycles. The van der Waals surface area contributed by atoms with E-state index in [-0.39, 0.29) is 0 Å². The molecule has 3 heteroatoms. The molecule has 0 saturated carbocycles. The molecule has 1 nitrogen and oxygen atoms in total. The highest BCUT2D eigenvalue weighted by Crippen LogP contribution is 2.34. The molecule has 0 saturated heterocycles. The Hall–Kier alpha value is -0.340. The third-order valence-corrected chi connectivity index (χ3v) is 2.61. The summed E-state index contributed by atoms with van der Waals surface area (Å²) in [4.78, 5) is 1.26. The molecule has 2 rings (SSSR count). The van der Waals surface area contributed by atoms with Gasteiger partial charge in [-0.05, 0) is 18.2 Å². The SMILES string of the molecule is Clc1ccc2c(c1)SCN2. The van der Waals surface area contributed by atoms with Crippen LogP contribution in [0.5, 0.6) is 0 Å². The normalized spacial score (nSPS) is 14.5. The number of rotatable bonds is 0. The van der Waals surface area contributed by atoms with Crippen molar-refractivity contribution in [3.8, 4) is 0 Å². The van der Waals surface area contributed by atoms with Gasteiger partial charge in [-0.1, -0.05) is 11.6 Å². The van der Waals surface area contributed by atoms with E-state index in [2.05, 4.69) is 5.32 Å². The number of fused-ring (bicyclic) bond motifs is 1. The summed E-state index contributed by atoms with van der Waals surface area (Å²) in [5, 5.41) is 4.05. The third-order valence-electron chi connectivity index (χ3n) is 1.43. The predicted molar refractivity (Wildman–Crippen MR) is 45.8 cm³/mol. The number of thioether (sulfide) groups is 1. The Morgan fingerprint density at radius 3 is 3.30 bits per heavy atom. The molecule has 0 radical (unpaired) electrons. The van der Waals surface area contributed by atoms with Gasteiger partial charge < -0.3 is 5.32 Å². The number of nitrogens with one attached hydrogen (secondary N) is 1. The lowest BCUT2D eigenvalue weighted by atomic mass is 10.3. The van der Waals surface area contributed by atoms with Gasteiger partial charge in [-0.15, -0.1) is 11.8 Å². The third kappa shape index (κ3) is 0.976. The molecule has 0 aliphatic carbocycles. The van der Waals surface area contributed by atoms with Crippen LogP contribution in [0.25, 0.3) is 0 Å². The van der Waals surface area contributed by atoms with Crippen LogP contribution in [0.15, 0.2) is 23.1 Å². The average molecular weight is 172 g/mol. The minimum absolute atomic E-state index is 0.815. The Bertz CT molecular complexity index is 262. The van der Waals surface area contributed by atoms with Crippen LogP contribution in [-0.4, -0.2) is 5.88 Å². The first-order valence-corrected chi connectivity index (χ1v) is 4.39. The van der Waals surface area contributed by atoms with Crippen molar-refractivity contribution in [2.75, 3.05) is 11.2 Å². The molecule has 1 aliphatic rings. The number of anilines is 1. The lowest BCUT2D eigenvalue weighted by Gasteiger charge is -1.96. The standard InChI is InChI=1S/C7H6ClNS/c8-5-1-2-6-7(3-5)10-4-9-6/h1-3,9H,4H2. The van der Waals surface area contributed by atoms with Crippen molar-refractivity contribution in [1.82, 2.24) is 0 Å². The first-order chi connectivity index (χ1) is 4.86. The van der Waals surface area contributed by atoms with E-state index in [0.717, 1.165) is 10.9 Å². The van der Waals surface area contributed by atoms with Crippen molar-refractivity contribution < 1.29 is 0 Å². The summed E-state index contributed by atoms with van der Waals surface area (Å²) in [7, 11) is 0. The van der Waals surface area contributed by atoms with Crippen molar-refractivity contribution in [3.05, 3.63) is 23.2 Å². The number of hydrogen-bond acceptors (Lipinski definition) is 2. The van der Waals surface area contributed by atoms with Gasteiger partial charge in [-0.3, -0.25) is 0 Å². The molecule has 1 aliphatic heterocycles. The molecular formula is C7H6ClNS. The molecule has 10 heavy (non-hydrogen) atoms. The van der Waals surface area contributed by atoms with E-state index in [1.807, 2.05) is 18.2 Å². The fourth-order valence-corrected chi connectivity index (χ4v) is 2.08. The van der Waals surface area contributed by atoms with E-state index < -0.39 is 0 Å². The lowest BCUT2D eigenvalue weighted by Crippen LogP contribution is -1.86. The van der Waals surface area contributed by atoms with E-state index >= 15 is 0 Å². The highest BCUT2D eigenvalue weighted by Gasteiger charge is 2.09. The van der Waals surface area contributed by atoms with E-state index in [1.165, 1.54) is 10.6 Å². The summed E-state index contributed by atoms with van der Waals surface area (Å²) in [6, 6.07) is 5.90. The maximum atomic E-state index is 5.78. The second kappa shape index (κ2) is 2.36. The van der Waals surface area contributed by atoms with Gasteiger partial charge in [0.1, 0.15) is 0 Å². The molecule has 0 amide bonds. The molecule has 1 aromatic rings. The minimum atomic E-state index is 0.815. The monoisotopic (exact) mass is 171 g/mol. The minimum Gasteiger partial charge on any atom is -0.375 e. The zero-order valence-electron chi connectivity index (χ0n) is 5.23. The Morgan fingerprint density at radius 2 is 2.40 bits per heavy atom. The average Bonchev–Trinajstić information content (AvgIpc) is 2.33. The Morgan fingerprint density at radius 1 is 1.50 bits per heavy atom. The highest BCUT2D eigenvalue weighted by atomic mass is 35.5. The van der Waals surface area contributed by atoms with Crippen molar-refractivity contribution in [2.45, 2.75) is 4.90 Å². The lowest BCUT2D eigenvalue weighted by molar-refractivity contribution is 1.43. The Kier molecular flexibility index (Phi) is 1.51. The fourth-order valence-electron chi connectivity index (χ4n) is 0.953. The molecular weight excluding hydrogens is 166 g/mol. The number of halogens is 1. The molecule has 1 heterocycles. The van der Waals surface area contributed by atoms with Crippen LogP contribution in [0.1, 0.15) is 0 Å². The molecule has 52 valence electrons. The largest absolute Gasteiger partial charge is 0.375 e. The highest BCUT2D eigenvalue weighted by molar-refractivity contribution is 7.99. The zero-order chi connectivity index (χ0) is 6.97. The van der Waals surface area contributed by atoms with Gasteiger partial charge in [-0.2, -0.15) is 0 Å². The molecule has 1 aromatic carbocycles. The molecule has 0 spiro atoms. The first-order valence-electron chi connectivity index (χ1n) is 3.02. The van der Waals surface area contributed by atoms with Gasteiger partial charge in [-0.25, -0.2) is 0 Å². The van der Waals surface area contributed by atoms with E-state index in [0.29, 0.717) is 0 Å². The summed E-state index contributed by atoms with van der Waals surface area (Å²) in [5.74, 6) is 0.968. The van der Waals surface area contributed by atoms with Gasteiger partial charge in [0.15, 0.2) is 0 Å². The van der Waals surface area contributed by atoms with Crippen LogP contribution in [0.2, 0.25) is 5.02 Å². The summed E-state index contributed by atoms with van der Waals surface area (Å²) in [6.07, 6.45) is 0. The maximum absolute atomic E-state index is 5.78. The molecule has 0 fully saturated rings. The quantitative estimate of drug-likeness (QED) is 0.645. The Balaban J connectivity index is 2.52. The summed E-state index contributed by atoms with van der Waals surface area (Å²) in [5.41, 5.74) is 1.20. The van der Waals surface area contributed by atoms with Crippen molar-refractivity contribution in [1.29, 1.82) is 0 Å². The molecule has 0 bridgehead atoms. The molecule has 0 unspecified atom stereocenters. The van der Waals surface area contributed by atoms with E-state index in [4.69, 9.17) is 11.6 Å². The van der Waals surface area contributed by atoms with E-state index in [1.54, 1.807) is 11.8 Å². The van der Waals surface area contributed by atoms with Crippen LogP contribution in [0.4, 0.5) is 5.69 Å². The first kappa shape index (κ1) is 6.38. The number of benzene rings is 1. The van der Waals surface area contributed by atoms with Crippen LogP contribution in [0, 0.1) is 0 Å². The van der Waals surface area contributed by atoms with Crippen molar-refractivity contribution >= 4 is 29.1 Å². The van der Waals surface area contributed by atoms with Gasteiger partial charge in [0.2, 0.25) is 0 Å². The summed E-state index contributed by atoms with van der Waals surface area (Å²) >= 11 is 7.57. The Labute approximate surface area is 68.8 Å². The van der Waals surface area contributed by atoms with Gasteiger partial charge in [0.05, 0.1) is 5.88 Å². The predicted octanol–water partition coefficient (Wildman–Crippen LogP) is 2.82. The van der Waals surface area contributed by atoms with Gasteiger partial charge in [0.25, 0.3) is 0 Å². The van der Waals surface area contributed by atoms with Crippen LogP contribution >= 0.6 is 23.4 Å². The second-order valence-corrected chi connectivity index (χ2v) is 3.56. The topological polar surface area (TPSA) is 12.0 Å². The summed E-state index contributed by atoms with van der Waals surface area (Å²) < 4.78 is 0. The van der Waals surface area contributed by atoms with E-state index in [9.17, 15) is 0 Å². The van der Waals surface area contributed by atoms with Gasteiger partial charge in [0, 0.05) is 15.6 Å². The van der Waals surface area contributed by atoms with Gasteiger partial charge >= 0.3 is 0 Å². The zero-order valence-corrected chi connectivity index (χ0v) is 6.80.